The minimum Gasteiger partial charge on any atom is -0.461 e. The van der Waals surface area contributed by atoms with E-state index in [4.69, 9.17) is 9.47 Å². The fourth-order valence-electron chi connectivity index (χ4n) is 2.87. The fourth-order valence-corrected chi connectivity index (χ4v) is 3.21. The molecule has 1 aliphatic heterocycles. The first kappa shape index (κ1) is 18.0. The van der Waals surface area contributed by atoms with Gasteiger partial charge in [-0.1, -0.05) is 0 Å². The fraction of sp³-hybridized carbons (Fsp3) is 0.562. The zero-order valence-corrected chi connectivity index (χ0v) is 15.6. The summed E-state index contributed by atoms with van der Waals surface area (Å²) in [4.78, 5) is 19.8. The maximum absolute atomic E-state index is 14.3. The topological polar surface area (TPSA) is 72.8 Å². The second-order valence-corrected chi connectivity index (χ2v) is 8.01. The van der Waals surface area contributed by atoms with E-state index in [-0.39, 0.29) is 23.6 Å². The van der Waals surface area contributed by atoms with Crippen LogP contribution in [0.25, 0.3) is 0 Å². The zero-order valence-electron chi connectivity index (χ0n) is 14.0. The molecule has 3 atom stereocenters. The molecule has 1 amide bonds. The van der Waals surface area contributed by atoms with E-state index in [2.05, 4.69) is 31.2 Å². The van der Waals surface area contributed by atoms with Crippen molar-refractivity contribution >= 4 is 28.0 Å². The van der Waals surface area contributed by atoms with Crippen molar-refractivity contribution < 1.29 is 23.0 Å². The molecule has 0 aromatic carbocycles. The van der Waals surface area contributed by atoms with Crippen molar-refractivity contribution in [2.24, 2.45) is 10.9 Å². The van der Waals surface area contributed by atoms with Gasteiger partial charge < -0.3 is 9.47 Å². The highest BCUT2D eigenvalue weighted by Gasteiger charge is 2.60. The normalized spacial score (nSPS) is 27.7. The van der Waals surface area contributed by atoms with Crippen LogP contribution in [0, 0.1) is 11.9 Å². The van der Waals surface area contributed by atoms with Crippen molar-refractivity contribution in [3.63, 3.8) is 0 Å². The first-order valence-corrected chi connectivity index (χ1v) is 8.58. The number of nitrogens with zero attached hydrogens (tertiary/aromatic N) is 2. The summed E-state index contributed by atoms with van der Waals surface area (Å²) in [6.07, 6.45) is 0.694. The molecular formula is C16H18BrF2N3O3. The Morgan fingerprint density at radius 2 is 2.28 bits per heavy atom. The number of alkyl halides is 1. The van der Waals surface area contributed by atoms with Gasteiger partial charge in [-0.25, -0.2) is 24.5 Å². The molecule has 3 rings (SSSR count). The van der Waals surface area contributed by atoms with Gasteiger partial charge in [-0.05, 0) is 49.2 Å². The van der Waals surface area contributed by atoms with Crippen molar-refractivity contribution in [3.8, 4) is 0 Å². The van der Waals surface area contributed by atoms with E-state index in [1.54, 1.807) is 20.8 Å². The molecule has 1 unspecified atom stereocenters. The summed E-state index contributed by atoms with van der Waals surface area (Å²) in [6, 6.07) is 1.28. The SMILES string of the molecule is CC(C)(C)OC(=O)NC1=NC(CF)(c2cc(Br)cnc2F)[C@H]2C[C@H]2O1. The van der Waals surface area contributed by atoms with Crippen molar-refractivity contribution in [3.05, 3.63) is 28.2 Å². The first-order valence-electron chi connectivity index (χ1n) is 7.78. The van der Waals surface area contributed by atoms with Gasteiger partial charge in [0.2, 0.25) is 5.95 Å². The third-order valence-corrected chi connectivity index (χ3v) is 4.43. The average molecular weight is 418 g/mol. The first-order chi connectivity index (χ1) is 11.6. The number of alkyl carbamates (subject to hydrolysis) is 1. The van der Waals surface area contributed by atoms with Crippen LogP contribution in [0.15, 0.2) is 21.7 Å². The monoisotopic (exact) mass is 417 g/mol. The smallest absolute Gasteiger partial charge is 0.415 e. The third kappa shape index (κ3) is 3.61. The van der Waals surface area contributed by atoms with Gasteiger partial charge in [0.05, 0.1) is 0 Å². The number of halogens is 3. The number of hydrogen-bond acceptors (Lipinski definition) is 5. The number of aliphatic imine (C=N–C) groups is 1. The molecule has 2 aliphatic rings. The lowest BCUT2D eigenvalue weighted by atomic mass is 9.87. The second kappa shape index (κ2) is 6.19. The number of amidine groups is 1. The van der Waals surface area contributed by atoms with E-state index in [1.807, 2.05) is 0 Å². The Morgan fingerprint density at radius 1 is 1.56 bits per heavy atom. The molecule has 9 heteroatoms. The number of ether oxygens (including phenoxy) is 2. The minimum absolute atomic E-state index is 0.0312. The van der Waals surface area contributed by atoms with Gasteiger partial charge in [-0.2, -0.15) is 4.39 Å². The lowest BCUT2D eigenvalue weighted by molar-refractivity contribution is 0.0537. The number of carbonyl (C=O) groups is 1. The van der Waals surface area contributed by atoms with Crippen molar-refractivity contribution in [2.75, 3.05) is 6.67 Å². The Kier molecular flexibility index (Phi) is 4.47. The van der Waals surface area contributed by atoms with E-state index in [9.17, 15) is 13.6 Å². The number of amides is 1. The van der Waals surface area contributed by atoms with Gasteiger partial charge in [0.1, 0.15) is 23.9 Å². The van der Waals surface area contributed by atoms with Gasteiger partial charge >= 0.3 is 6.09 Å². The van der Waals surface area contributed by atoms with E-state index >= 15 is 0 Å². The highest BCUT2D eigenvalue weighted by molar-refractivity contribution is 9.10. The molecule has 0 spiro atoms. The molecule has 0 radical (unpaired) electrons. The van der Waals surface area contributed by atoms with Crippen molar-refractivity contribution in [1.82, 2.24) is 10.3 Å². The molecule has 0 bridgehead atoms. The van der Waals surface area contributed by atoms with Crippen LogP contribution in [0.5, 0.6) is 0 Å². The Morgan fingerprint density at radius 3 is 2.92 bits per heavy atom. The number of carbonyl (C=O) groups excluding carboxylic acids is 1. The van der Waals surface area contributed by atoms with Gasteiger partial charge in [0.15, 0.2) is 0 Å². The Balaban J connectivity index is 1.93. The zero-order chi connectivity index (χ0) is 18.4. The number of rotatable bonds is 2. The Hall–Kier alpha value is -1.77. The average Bonchev–Trinajstić information content (AvgIpc) is 3.26. The Labute approximate surface area is 152 Å². The van der Waals surface area contributed by atoms with Crippen LogP contribution in [0.4, 0.5) is 13.6 Å². The van der Waals surface area contributed by atoms with Crippen LogP contribution in [0.1, 0.15) is 32.8 Å². The number of fused-ring (bicyclic) bond motifs is 1. The number of aromatic nitrogens is 1. The van der Waals surface area contributed by atoms with E-state index in [1.165, 1.54) is 12.3 Å². The largest absolute Gasteiger partial charge is 0.461 e. The molecule has 1 saturated carbocycles. The van der Waals surface area contributed by atoms with Crippen molar-refractivity contribution in [2.45, 2.75) is 44.4 Å². The molecular weight excluding hydrogens is 400 g/mol. The lowest BCUT2D eigenvalue weighted by Crippen LogP contribution is -2.44. The molecule has 1 aromatic rings. The van der Waals surface area contributed by atoms with E-state index < -0.39 is 29.9 Å². The van der Waals surface area contributed by atoms with E-state index in [0.717, 1.165) is 0 Å². The summed E-state index contributed by atoms with van der Waals surface area (Å²) < 4.78 is 39.5. The van der Waals surface area contributed by atoms with Crippen LogP contribution in [0.3, 0.4) is 0 Å². The Bertz CT molecular complexity index is 738. The summed E-state index contributed by atoms with van der Waals surface area (Å²) in [5.74, 6) is -1.11. The van der Waals surface area contributed by atoms with Crippen LogP contribution in [0.2, 0.25) is 0 Å². The maximum atomic E-state index is 14.3. The molecule has 136 valence electrons. The molecule has 0 saturated heterocycles. The van der Waals surface area contributed by atoms with Gasteiger partial charge in [0, 0.05) is 22.2 Å². The molecule has 2 heterocycles. The molecule has 1 aliphatic carbocycles. The minimum atomic E-state index is -1.48. The van der Waals surface area contributed by atoms with Crippen LogP contribution in [-0.4, -0.2) is 35.5 Å². The second-order valence-electron chi connectivity index (χ2n) is 7.09. The van der Waals surface area contributed by atoms with Crippen LogP contribution < -0.4 is 5.32 Å². The van der Waals surface area contributed by atoms with Crippen molar-refractivity contribution in [1.29, 1.82) is 0 Å². The molecule has 1 N–H and O–H groups in total. The number of nitrogens with one attached hydrogen (secondary N) is 1. The van der Waals surface area contributed by atoms with Gasteiger partial charge in [-0.15, -0.1) is 0 Å². The molecule has 1 fully saturated rings. The molecule has 1 aromatic heterocycles. The standard InChI is InChI=1S/C16H18BrF2N3O3/c1-15(2,3)25-14(23)21-13-22-16(7-18,9-5-11(9)24-13)10-4-8(17)6-20-12(10)19/h4,6,9,11H,5,7H2,1-3H3,(H,21,22,23)/t9-,11+,16?/m0/s1. The summed E-state index contributed by atoms with van der Waals surface area (Å²) in [5.41, 5.74) is -2.16. The predicted molar refractivity (Wildman–Crippen MR) is 89.3 cm³/mol. The maximum Gasteiger partial charge on any atom is 0.415 e. The van der Waals surface area contributed by atoms with Crippen LogP contribution in [-0.2, 0) is 15.0 Å². The number of pyridine rings is 1. The molecule has 25 heavy (non-hydrogen) atoms. The highest BCUT2D eigenvalue weighted by atomic mass is 79.9. The van der Waals surface area contributed by atoms with E-state index in [0.29, 0.717) is 10.9 Å². The number of hydrogen-bond donors (Lipinski definition) is 1. The van der Waals surface area contributed by atoms with Crippen LogP contribution >= 0.6 is 15.9 Å². The van der Waals surface area contributed by atoms with Gasteiger partial charge in [-0.3, -0.25) is 0 Å². The molecule has 6 nitrogen and oxygen atoms in total. The summed E-state index contributed by atoms with van der Waals surface area (Å²) in [7, 11) is 0. The van der Waals surface area contributed by atoms with Gasteiger partial charge in [0.25, 0.3) is 6.02 Å². The highest BCUT2D eigenvalue weighted by Crippen LogP contribution is 2.53. The third-order valence-electron chi connectivity index (χ3n) is 3.99. The summed E-state index contributed by atoms with van der Waals surface area (Å²) >= 11 is 3.22. The quantitative estimate of drug-likeness (QED) is 0.747. The summed E-state index contributed by atoms with van der Waals surface area (Å²) in [6.45, 7) is 4.19. The summed E-state index contributed by atoms with van der Waals surface area (Å²) in [5, 5.41) is 2.37. The lowest BCUT2D eigenvalue weighted by Gasteiger charge is -2.32. The predicted octanol–water partition coefficient (Wildman–Crippen LogP) is 3.45.